The van der Waals surface area contributed by atoms with Crippen molar-refractivity contribution in [3.63, 3.8) is 0 Å². The number of carbonyl (C=O) groups is 1. The van der Waals surface area contributed by atoms with Gasteiger partial charge in [-0.3, -0.25) is 4.79 Å². The largest absolute Gasteiger partial charge is 0.459 e. The van der Waals surface area contributed by atoms with Crippen LogP contribution in [0.4, 0.5) is 0 Å². The molecule has 0 spiro atoms. The first-order valence-electron chi connectivity index (χ1n) is 7.53. The zero-order valence-corrected chi connectivity index (χ0v) is 13.5. The third-order valence-corrected chi connectivity index (χ3v) is 3.91. The highest BCUT2D eigenvalue weighted by Gasteiger charge is 2.29. The van der Waals surface area contributed by atoms with E-state index in [9.17, 15) is 4.79 Å². The van der Waals surface area contributed by atoms with Crippen molar-refractivity contribution in [3.8, 4) is 0 Å². The highest BCUT2D eigenvalue weighted by atomic mass is 16.6. The van der Waals surface area contributed by atoms with Crippen molar-refractivity contribution in [3.05, 3.63) is 0 Å². The minimum Gasteiger partial charge on any atom is -0.459 e. The van der Waals surface area contributed by atoms with Crippen LogP contribution < -0.4 is 5.32 Å². The molecule has 1 aliphatic rings. The summed E-state index contributed by atoms with van der Waals surface area (Å²) in [5.74, 6) is 0.664. The van der Waals surface area contributed by atoms with Gasteiger partial charge < -0.3 is 10.1 Å². The molecule has 0 aromatic carbocycles. The standard InChI is InChI=1S/C16H31NO2/c1-15(2,3)12-7-9-13(10-8-12)17-11-14(18)19-16(4,5)6/h12-13,17H,7-11H2,1-6H3. The van der Waals surface area contributed by atoms with Crippen LogP contribution in [0.3, 0.4) is 0 Å². The van der Waals surface area contributed by atoms with Crippen molar-refractivity contribution in [2.24, 2.45) is 11.3 Å². The fourth-order valence-corrected chi connectivity index (χ4v) is 2.77. The normalized spacial score (nSPS) is 25.2. The molecule has 0 heterocycles. The summed E-state index contributed by atoms with van der Waals surface area (Å²) in [5.41, 5.74) is 0.0266. The van der Waals surface area contributed by atoms with Crippen LogP contribution in [-0.4, -0.2) is 24.2 Å². The third kappa shape index (κ3) is 6.42. The molecule has 0 radical (unpaired) electrons. The number of nitrogens with one attached hydrogen (secondary N) is 1. The van der Waals surface area contributed by atoms with Gasteiger partial charge in [-0.1, -0.05) is 20.8 Å². The van der Waals surface area contributed by atoms with Gasteiger partial charge in [-0.15, -0.1) is 0 Å². The van der Waals surface area contributed by atoms with Gasteiger partial charge in [0.15, 0.2) is 0 Å². The van der Waals surface area contributed by atoms with E-state index in [0.717, 1.165) is 5.92 Å². The van der Waals surface area contributed by atoms with E-state index in [1.165, 1.54) is 25.7 Å². The van der Waals surface area contributed by atoms with Crippen LogP contribution in [0.15, 0.2) is 0 Å². The van der Waals surface area contributed by atoms with Gasteiger partial charge in [0.1, 0.15) is 5.60 Å². The van der Waals surface area contributed by atoms with Crippen LogP contribution in [0.2, 0.25) is 0 Å². The average Bonchev–Trinajstić information content (AvgIpc) is 2.23. The molecular weight excluding hydrogens is 238 g/mol. The maximum atomic E-state index is 11.6. The Morgan fingerprint density at radius 3 is 2.00 bits per heavy atom. The van der Waals surface area contributed by atoms with Gasteiger partial charge in [0.05, 0.1) is 6.54 Å². The van der Waals surface area contributed by atoms with E-state index in [1.807, 2.05) is 20.8 Å². The first-order chi connectivity index (χ1) is 8.58. The summed E-state index contributed by atoms with van der Waals surface area (Å²) in [7, 11) is 0. The lowest BCUT2D eigenvalue weighted by molar-refractivity contribution is -0.153. The summed E-state index contributed by atoms with van der Waals surface area (Å²) < 4.78 is 5.30. The molecule has 112 valence electrons. The van der Waals surface area contributed by atoms with E-state index < -0.39 is 0 Å². The summed E-state index contributed by atoms with van der Waals surface area (Å²) in [4.78, 5) is 11.6. The van der Waals surface area contributed by atoms with Crippen molar-refractivity contribution in [2.45, 2.75) is 78.9 Å². The van der Waals surface area contributed by atoms with Crippen molar-refractivity contribution in [1.82, 2.24) is 5.32 Å². The van der Waals surface area contributed by atoms with Gasteiger partial charge in [-0.2, -0.15) is 0 Å². The molecule has 3 nitrogen and oxygen atoms in total. The molecule has 1 saturated carbocycles. The van der Waals surface area contributed by atoms with Crippen LogP contribution in [0, 0.1) is 11.3 Å². The minimum atomic E-state index is -0.386. The Bertz CT molecular complexity index is 291. The molecule has 1 aliphatic carbocycles. The van der Waals surface area contributed by atoms with Gasteiger partial charge in [0.2, 0.25) is 0 Å². The fraction of sp³-hybridized carbons (Fsp3) is 0.938. The van der Waals surface area contributed by atoms with Gasteiger partial charge in [0, 0.05) is 6.04 Å². The van der Waals surface area contributed by atoms with Crippen LogP contribution in [0.25, 0.3) is 0 Å². The average molecular weight is 269 g/mol. The number of esters is 1. The van der Waals surface area contributed by atoms with Gasteiger partial charge in [-0.25, -0.2) is 0 Å². The highest BCUT2D eigenvalue weighted by molar-refractivity contribution is 5.72. The Balaban J connectivity index is 2.25. The molecule has 0 aromatic rings. The molecule has 0 aliphatic heterocycles. The summed E-state index contributed by atoms with van der Waals surface area (Å²) in [5, 5.41) is 3.34. The van der Waals surface area contributed by atoms with E-state index in [0.29, 0.717) is 18.0 Å². The Morgan fingerprint density at radius 1 is 1.05 bits per heavy atom. The second-order valence-corrected chi connectivity index (χ2v) is 7.88. The Labute approximate surface area is 118 Å². The minimum absolute atomic E-state index is 0.148. The number of carbonyl (C=O) groups excluding carboxylic acids is 1. The lowest BCUT2D eigenvalue weighted by atomic mass is 9.71. The first kappa shape index (κ1) is 16.5. The van der Waals surface area contributed by atoms with Gasteiger partial charge >= 0.3 is 5.97 Å². The van der Waals surface area contributed by atoms with Crippen molar-refractivity contribution in [1.29, 1.82) is 0 Å². The molecule has 1 fully saturated rings. The summed E-state index contributed by atoms with van der Waals surface area (Å²) in [6, 6.07) is 0.478. The van der Waals surface area contributed by atoms with E-state index in [1.54, 1.807) is 0 Å². The van der Waals surface area contributed by atoms with Crippen LogP contribution in [0.5, 0.6) is 0 Å². The Morgan fingerprint density at radius 2 is 1.58 bits per heavy atom. The molecule has 0 amide bonds. The molecule has 19 heavy (non-hydrogen) atoms. The second-order valence-electron chi connectivity index (χ2n) is 7.88. The molecular formula is C16H31NO2. The predicted octanol–water partition coefficient (Wildman–Crippen LogP) is 3.52. The lowest BCUT2D eigenvalue weighted by Gasteiger charge is -2.37. The summed E-state index contributed by atoms with van der Waals surface area (Å²) in [6.45, 7) is 13.0. The summed E-state index contributed by atoms with van der Waals surface area (Å²) in [6.07, 6.45) is 4.86. The van der Waals surface area contributed by atoms with E-state index in [2.05, 4.69) is 26.1 Å². The molecule has 1 rings (SSSR count). The number of hydrogen-bond acceptors (Lipinski definition) is 3. The quantitative estimate of drug-likeness (QED) is 0.797. The third-order valence-electron chi connectivity index (χ3n) is 3.91. The van der Waals surface area contributed by atoms with E-state index >= 15 is 0 Å². The van der Waals surface area contributed by atoms with Crippen molar-refractivity contribution < 1.29 is 9.53 Å². The maximum Gasteiger partial charge on any atom is 0.320 e. The molecule has 0 bridgehead atoms. The number of hydrogen-bond donors (Lipinski definition) is 1. The second kappa shape index (κ2) is 6.25. The maximum absolute atomic E-state index is 11.6. The molecule has 0 aromatic heterocycles. The first-order valence-corrected chi connectivity index (χ1v) is 7.53. The lowest BCUT2D eigenvalue weighted by Crippen LogP contribution is -2.40. The zero-order chi connectivity index (χ0) is 14.7. The van der Waals surface area contributed by atoms with Gasteiger partial charge in [-0.05, 0) is 57.8 Å². The van der Waals surface area contributed by atoms with Crippen LogP contribution >= 0.6 is 0 Å². The Kier molecular flexibility index (Phi) is 5.43. The van der Waals surface area contributed by atoms with Crippen molar-refractivity contribution in [2.75, 3.05) is 6.54 Å². The molecule has 3 heteroatoms. The van der Waals surface area contributed by atoms with Crippen LogP contribution in [-0.2, 0) is 9.53 Å². The Hall–Kier alpha value is -0.570. The predicted molar refractivity (Wildman–Crippen MR) is 79.0 cm³/mol. The molecule has 1 N–H and O–H groups in total. The monoisotopic (exact) mass is 269 g/mol. The highest BCUT2D eigenvalue weighted by Crippen LogP contribution is 2.37. The number of ether oxygens (including phenoxy) is 1. The SMILES string of the molecule is CC(C)(C)OC(=O)CNC1CCC(C(C)(C)C)CC1. The smallest absolute Gasteiger partial charge is 0.320 e. The van der Waals surface area contributed by atoms with E-state index in [4.69, 9.17) is 4.74 Å². The van der Waals surface area contributed by atoms with Crippen molar-refractivity contribution >= 4 is 5.97 Å². The molecule has 0 saturated heterocycles. The van der Waals surface area contributed by atoms with Crippen LogP contribution in [0.1, 0.15) is 67.2 Å². The van der Waals surface area contributed by atoms with E-state index in [-0.39, 0.29) is 11.6 Å². The molecule has 0 unspecified atom stereocenters. The number of rotatable bonds is 3. The topological polar surface area (TPSA) is 38.3 Å². The van der Waals surface area contributed by atoms with Gasteiger partial charge in [0.25, 0.3) is 0 Å². The molecule has 0 atom stereocenters. The zero-order valence-electron chi connectivity index (χ0n) is 13.5. The summed E-state index contributed by atoms with van der Waals surface area (Å²) >= 11 is 0. The fourth-order valence-electron chi connectivity index (χ4n) is 2.77.